The lowest BCUT2D eigenvalue weighted by Crippen LogP contribution is -2.33. The number of carbonyl (C=O) groups excluding carboxylic acids is 1. The fraction of sp³-hybridized carbons (Fsp3) is 0.353. The lowest BCUT2D eigenvalue weighted by Gasteiger charge is -2.28. The minimum absolute atomic E-state index is 0.118. The molecular weight excluding hydrogens is 326 g/mol. The normalized spacial score (nSPS) is 16.5. The minimum atomic E-state index is -0.364. The van der Waals surface area contributed by atoms with Gasteiger partial charge in [0.1, 0.15) is 11.6 Å². The summed E-state index contributed by atoms with van der Waals surface area (Å²) in [4.78, 5) is 29.1. The Labute approximate surface area is 144 Å². The topological polar surface area (TPSA) is 73.2 Å². The van der Waals surface area contributed by atoms with E-state index in [0.29, 0.717) is 22.3 Å². The van der Waals surface area contributed by atoms with E-state index in [1.165, 1.54) is 11.8 Å². The average molecular weight is 345 g/mol. The van der Waals surface area contributed by atoms with Crippen LogP contribution in [0.3, 0.4) is 0 Å². The lowest BCUT2D eigenvalue weighted by molar-refractivity contribution is -0.116. The summed E-state index contributed by atoms with van der Waals surface area (Å²) in [5.74, 6) is 1.50. The van der Waals surface area contributed by atoms with Crippen LogP contribution >= 0.6 is 11.8 Å². The van der Waals surface area contributed by atoms with E-state index in [-0.39, 0.29) is 23.8 Å². The minimum Gasteiger partial charge on any atom is -0.496 e. The summed E-state index contributed by atoms with van der Waals surface area (Å²) in [7, 11) is 3.40. The molecule has 0 saturated carbocycles. The van der Waals surface area contributed by atoms with Gasteiger partial charge in [-0.05, 0) is 11.8 Å². The van der Waals surface area contributed by atoms with Gasteiger partial charge in [-0.15, -0.1) is 0 Å². The summed E-state index contributed by atoms with van der Waals surface area (Å²) in [6, 6.07) is 7.47. The van der Waals surface area contributed by atoms with E-state index in [1.807, 2.05) is 38.2 Å². The van der Waals surface area contributed by atoms with E-state index in [1.54, 1.807) is 11.7 Å². The molecular formula is C17H19N3O3S. The molecule has 1 aromatic carbocycles. The third-order valence-electron chi connectivity index (χ3n) is 4.09. The van der Waals surface area contributed by atoms with Crippen molar-refractivity contribution < 1.29 is 9.53 Å². The highest BCUT2D eigenvalue weighted by atomic mass is 32.2. The van der Waals surface area contributed by atoms with Crippen molar-refractivity contribution in [2.45, 2.75) is 24.4 Å². The van der Waals surface area contributed by atoms with Gasteiger partial charge < -0.3 is 14.6 Å². The van der Waals surface area contributed by atoms with Gasteiger partial charge in [0.2, 0.25) is 5.91 Å². The first kappa shape index (κ1) is 16.6. The summed E-state index contributed by atoms with van der Waals surface area (Å²) in [5.41, 5.74) is 1.04. The van der Waals surface area contributed by atoms with Gasteiger partial charge in [0.25, 0.3) is 5.56 Å². The van der Waals surface area contributed by atoms with Crippen molar-refractivity contribution in [2.75, 3.05) is 18.2 Å². The highest BCUT2D eigenvalue weighted by molar-refractivity contribution is 7.99. The van der Waals surface area contributed by atoms with Gasteiger partial charge in [0.05, 0.1) is 12.7 Å². The molecule has 1 amide bonds. The number of hydrogen-bond acceptors (Lipinski definition) is 5. The van der Waals surface area contributed by atoms with Gasteiger partial charge in [0.15, 0.2) is 5.16 Å². The van der Waals surface area contributed by atoms with Crippen LogP contribution in [-0.2, 0) is 11.8 Å². The molecule has 0 saturated heterocycles. The van der Waals surface area contributed by atoms with E-state index >= 15 is 0 Å². The molecule has 126 valence electrons. The van der Waals surface area contributed by atoms with Crippen LogP contribution in [0.25, 0.3) is 0 Å². The Kier molecular flexibility index (Phi) is 4.62. The molecule has 2 aromatic rings. The number of aromatic nitrogens is 2. The standard InChI is InChI=1S/C17H19N3O3S/c1-4-24-17-19-16(22)14-11(9-13(21)18-15(14)20(17)2)10-7-5-6-8-12(10)23-3/h5-8,11H,4,9H2,1-3H3,(H,18,21)/t11-/m1/s1. The number of nitrogens with one attached hydrogen (secondary N) is 1. The van der Waals surface area contributed by atoms with Crippen LogP contribution in [0, 0.1) is 0 Å². The molecule has 0 fully saturated rings. The Morgan fingerprint density at radius 2 is 2.12 bits per heavy atom. The predicted octanol–water partition coefficient (Wildman–Crippen LogP) is 2.38. The number of methoxy groups -OCH3 is 1. The molecule has 1 atom stereocenters. The van der Waals surface area contributed by atoms with Crippen LogP contribution in [0.5, 0.6) is 5.75 Å². The number of ether oxygens (including phenoxy) is 1. The number of nitrogens with zero attached hydrogens (tertiary/aromatic N) is 2. The third-order valence-corrected chi connectivity index (χ3v) is 5.00. The van der Waals surface area contributed by atoms with Gasteiger partial charge in [-0.1, -0.05) is 36.9 Å². The van der Waals surface area contributed by atoms with Crippen molar-refractivity contribution in [3.8, 4) is 5.75 Å². The maximum absolute atomic E-state index is 12.7. The van der Waals surface area contributed by atoms with Crippen molar-refractivity contribution in [1.29, 1.82) is 0 Å². The van der Waals surface area contributed by atoms with Crippen LogP contribution in [0.4, 0.5) is 5.82 Å². The Bertz CT molecular complexity index is 847. The maximum Gasteiger partial charge on any atom is 0.279 e. The van der Waals surface area contributed by atoms with E-state index in [2.05, 4.69) is 10.3 Å². The molecule has 2 heterocycles. The van der Waals surface area contributed by atoms with Crippen molar-refractivity contribution in [1.82, 2.24) is 9.55 Å². The zero-order valence-corrected chi connectivity index (χ0v) is 14.6. The van der Waals surface area contributed by atoms with E-state index in [0.717, 1.165) is 11.3 Å². The zero-order chi connectivity index (χ0) is 17.3. The Balaban J connectivity index is 2.22. The first-order valence-electron chi connectivity index (χ1n) is 7.73. The molecule has 3 rings (SSSR count). The molecule has 7 heteroatoms. The van der Waals surface area contributed by atoms with Crippen LogP contribution in [0.1, 0.15) is 30.4 Å². The number of anilines is 1. The number of fused-ring (bicyclic) bond motifs is 1. The van der Waals surface area contributed by atoms with Gasteiger partial charge in [-0.3, -0.25) is 9.59 Å². The summed E-state index contributed by atoms with van der Waals surface area (Å²) in [5, 5.41) is 3.43. The molecule has 0 radical (unpaired) electrons. The van der Waals surface area contributed by atoms with Gasteiger partial charge in [-0.2, -0.15) is 4.98 Å². The molecule has 0 spiro atoms. The average Bonchev–Trinajstić information content (AvgIpc) is 2.58. The fourth-order valence-corrected chi connectivity index (χ4v) is 3.70. The monoisotopic (exact) mass is 345 g/mol. The Morgan fingerprint density at radius 1 is 1.38 bits per heavy atom. The van der Waals surface area contributed by atoms with Crippen LogP contribution in [0.2, 0.25) is 0 Å². The second kappa shape index (κ2) is 6.68. The number of thioether (sulfide) groups is 1. The number of hydrogen-bond donors (Lipinski definition) is 1. The molecule has 1 aliphatic heterocycles. The van der Waals surface area contributed by atoms with Crippen LogP contribution < -0.4 is 15.6 Å². The predicted molar refractivity (Wildman–Crippen MR) is 94.0 cm³/mol. The summed E-state index contributed by atoms with van der Waals surface area (Å²) in [6.45, 7) is 1.99. The maximum atomic E-state index is 12.7. The van der Waals surface area contributed by atoms with Crippen molar-refractivity contribution in [2.24, 2.45) is 7.05 Å². The number of para-hydroxylation sites is 1. The molecule has 1 aromatic heterocycles. The van der Waals surface area contributed by atoms with Crippen molar-refractivity contribution >= 4 is 23.5 Å². The highest BCUT2D eigenvalue weighted by Gasteiger charge is 2.33. The number of benzene rings is 1. The van der Waals surface area contributed by atoms with E-state index < -0.39 is 0 Å². The van der Waals surface area contributed by atoms with Crippen LogP contribution in [-0.4, -0.2) is 28.3 Å². The molecule has 0 bridgehead atoms. The van der Waals surface area contributed by atoms with E-state index in [4.69, 9.17) is 4.74 Å². The molecule has 1 N–H and O–H groups in total. The largest absolute Gasteiger partial charge is 0.496 e. The molecule has 0 aliphatic carbocycles. The lowest BCUT2D eigenvalue weighted by atomic mass is 9.86. The molecule has 1 aliphatic rings. The quantitative estimate of drug-likeness (QED) is 0.680. The van der Waals surface area contributed by atoms with Crippen molar-refractivity contribution in [3.05, 3.63) is 45.7 Å². The van der Waals surface area contributed by atoms with Gasteiger partial charge >= 0.3 is 0 Å². The fourth-order valence-electron chi connectivity index (χ4n) is 3.01. The van der Waals surface area contributed by atoms with Crippen molar-refractivity contribution in [3.63, 3.8) is 0 Å². The third kappa shape index (κ3) is 2.80. The summed E-state index contributed by atoms with van der Waals surface area (Å²) < 4.78 is 7.20. The summed E-state index contributed by atoms with van der Waals surface area (Å²) >= 11 is 1.47. The molecule has 24 heavy (non-hydrogen) atoms. The molecule has 0 unspecified atom stereocenters. The second-order valence-corrected chi connectivity index (χ2v) is 6.73. The first-order chi connectivity index (χ1) is 11.6. The smallest absolute Gasteiger partial charge is 0.279 e. The Morgan fingerprint density at radius 3 is 2.83 bits per heavy atom. The number of carbonyl (C=O) groups is 1. The SMILES string of the molecule is CCSc1nc(=O)c2c(n1C)NC(=O)C[C@@H]2c1ccccc1OC. The van der Waals surface area contributed by atoms with Crippen LogP contribution in [0.15, 0.2) is 34.2 Å². The molecule has 6 nitrogen and oxygen atoms in total. The van der Waals surface area contributed by atoms with E-state index in [9.17, 15) is 9.59 Å². The highest BCUT2D eigenvalue weighted by Crippen LogP contribution is 2.39. The van der Waals surface area contributed by atoms with Gasteiger partial charge in [-0.25, -0.2) is 0 Å². The first-order valence-corrected chi connectivity index (χ1v) is 8.71. The Hall–Kier alpha value is -2.28. The zero-order valence-electron chi connectivity index (χ0n) is 13.8. The van der Waals surface area contributed by atoms with Gasteiger partial charge in [0, 0.05) is 24.9 Å². The number of rotatable bonds is 4. The second-order valence-electron chi connectivity index (χ2n) is 5.50. The number of amides is 1. The summed E-state index contributed by atoms with van der Waals surface area (Å²) in [6.07, 6.45) is 0.199.